The van der Waals surface area contributed by atoms with Crippen molar-refractivity contribution in [2.75, 3.05) is 0 Å². The fourth-order valence-corrected chi connectivity index (χ4v) is 13.7. The normalized spacial score (nSPS) is 12.7. The first-order valence-corrected chi connectivity index (χ1v) is 22.9. The first kappa shape index (κ1) is 43.8. The summed E-state index contributed by atoms with van der Waals surface area (Å²) in [4.78, 5) is 17.1. The Morgan fingerprint density at radius 1 is 0.846 bits per heavy atom. The van der Waals surface area contributed by atoms with Gasteiger partial charge in [0.1, 0.15) is 5.76 Å². The number of carbonyl (C=O) groups is 1. The number of carbonyl (C=O) groups excluding carboxylic acids is 1. The number of aryl methyl sites for hydroxylation is 1. The zero-order valence-electron chi connectivity index (χ0n) is 33.8. The molecule has 52 heavy (non-hydrogen) atoms. The molecular weight excluding hydrogens is 851 g/mol. The van der Waals surface area contributed by atoms with Gasteiger partial charge in [-0.25, -0.2) is 0 Å². The van der Waals surface area contributed by atoms with Crippen LogP contribution in [0.5, 0.6) is 0 Å². The van der Waals surface area contributed by atoms with Gasteiger partial charge in [-0.15, -0.1) is 40.5 Å². The number of pyridine rings is 1. The van der Waals surface area contributed by atoms with Gasteiger partial charge < -0.3 is 5.11 Å². The van der Waals surface area contributed by atoms with E-state index in [2.05, 4.69) is 96.1 Å². The van der Waals surface area contributed by atoms with E-state index in [1.165, 1.54) is 66.3 Å². The van der Waals surface area contributed by atoms with Crippen LogP contribution in [0.15, 0.2) is 66.6 Å². The Morgan fingerprint density at radius 2 is 1.42 bits per heavy atom. The third-order valence-electron chi connectivity index (χ3n) is 12.6. The predicted octanol–water partition coefficient (Wildman–Crippen LogP) is 13.9. The van der Waals surface area contributed by atoms with Gasteiger partial charge in [0.05, 0.1) is 8.07 Å². The number of ketones is 1. The fourth-order valence-electron chi connectivity index (χ4n) is 7.54. The van der Waals surface area contributed by atoms with E-state index < -0.39 is 8.07 Å². The van der Waals surface area contributed by atoms with Gasteiger partial charge in [-0.05, 0) is 60.6 Å². The van der Waals surface area contributed by atoms with Crippen molar-refractivity contribution >= 4 is 61.3 Å². The molecule has 0 spiro atoms. The van der Waals surface area contributed by atoms with E-state index in [1.54, 1.807) is 5.19 Å². The molecule has 0 aliphatic rings. The molecule has 2 aromatic heterocycles. The average Bonchev–Trinajstić information content (AvgIpc) is 3.53. The van der Waals surface area contributed by atoms with E-state index in [0.29, 0.717) is 5.92 Å². The third-order valence-corrected chi connectivity index (χ3v) is 19.8. The minimum atomic E-state index is -1.54. The summed E-state index contributed by atoms with van der Waals surface area (Å²) in [6, 6.07) is 25.5. The Balaban J connectivity index is 0.000000347. The van der Waals surface area contributed by atoms with Crippen LogP contribution in [-0.4, -0.2) is 23.9 Å². The third kappa shape index (κ3) is 8.36. The summed E-state index contributed by atoms with van der Waals surface area (Å²) in [5.41, 5.74) is 4.43. The van der Waals surface area contributed by atoms with Gasteiger partial charge in [-0.2, -0.15) is 0 Å². The molecule has 5 rings (SSSR count). The van der Waals surface area contributed by atoms with Crippen LogP contribution in [0.2, 0.25) is 18.1 Å². The number of allylic oxidation sites excluding steroid dienone is 2. The maximum Gasteiger partial charge on any atom is 0.164 e. The molecule has 3 aromatic carbocycles. The van der Waals surface area contributed by atoms with E-state index in [4.69, 9.17) is 4.98 Å². The maximum absolute atomic E-state index is 12.2. The summed E-state index contributed by atoms with van der Waals surface area (Å²) in [5, 5.41) is 17.0. The van der Waals surface area contributed by atoms with Crippen LogP contribution in [0.4, 0.5) is 0 Å². The van der Waals surface area contributed by atoms with E-state index in [0.717, 1.165) is 36.9 Å². The summed E-state index contributed by atoms with van der Waals surface area (Å²) in [6.45, 7) is 26.2. The molecule has 1 N–H and O–H groups in total. The maximum atomic E-state index is 12.2. The first-order chi connectivity index (χ1) is 24.2. The second kappa shape index (κ2) is 18.1. The summed E-state index contributed by atoms with van der Waals surface area (Å²) in [6.07, 6.45) is 6.75. The van der Waals surface area contributed by atoms with Crippen molar-refractivity contribution in [2.45, 2.75) is 133 Å². The van der Waals surface area contributed by atoms with Gasteiger partial charge in [0, 0.05) is 58.3 Å². The quantitative estimate of drug-likeness (QED) is 0.0554. The molecule has 2 heterocycles. The Morgan fingerprint density at radius 3 is 1.98 bits per heavy atom. The van der Waals surface area contributed by atoms with E-state index in [1.807, 2.05) is 59.1 Å². The minimum absolute atomic E-state index is 0. The van der Waals surface area contributed by atoms with E-state index >= 15 is 0 Å². The Hall–Kier alpha value is -2.63. The molecular formula is C46H62IrNO2SSi-. The second-order valence-electron chi connectivity index (χ2n) is 15.4. The first-order valence-electron chi connectivity index (χ1n) is 19.5. The minimum Gasteiger partial charge on any atom is -0.512 e. The molecule has 0 saturated heterocycles. The zero-order valence-corrected chi connectivity index (χ0v) is 38.1. The molecule has 0 bridgehead atoms. The number of benzene rings is 3. The molecule has 1 radical (unpaired) electrons. The average molecular weight is 913 g/mol. The molecule has 0 atom stereocenters. The van der Waals surface area contributed by atoms with Crippen molar-refractivity contribution < 1.29 is 30.0 Å². The molecule has 0 fully saturated rings. The van der Waals surface area contributed by atoms with Gasteiger partial charge in [-0.1, -0.05) is 141 Å². The van der Waals surface area contributed by atoms with Gasteiger partial charge in [0.15, 0.2) is 5.78 Å². The molecule has 0 unspecified atom stereocenters. The van der Waals surface area contributed by atoms with Crippen LogP contribution >= 0.6 is 11.3 Å². The number of aliphatic hydroxyl groups excluding tert-OH is 1. The number of aliphatic hydroxyl groups is 1. The number of hydrogen-bond donors (Lipinski definition) is 1. The van der Waals surface area contributed by atoms with Crippen molar-refractivity contribution in [1.29, 1.82) is 0 Å². The Kier molecular flexibility index (Phi) is 15.3. The van der Waals surface area contributed by atoms with Crippen molar-refractivity contribution in [3.05, 3.63) is 83.8 Å². The van der Waals surface area contributed by atoms with Crippen LogP contribution < -0.4 is 5.19 Å². The Bertz CT molecular complexity index is 2010. The van der Waals surface area contributed by atoms with Crippen molar-refractivity contribution in [1.82, 2.24) is 4.98 Å². The standard InChI is InChI=1S/C31H34NSSi.C15H28O2.Ir/c1-7-34(8-2,9-3)31-21(6)14-15-25-26-16-17-32-28(29(26)33-30(25)31)23-18-22-12-10-11-13-24(22)27(19-23)20(4)5;1-7-14(5,8-2)12(16)11-13(17)15(6,9-3)10-4;/h10-17,19-20H,7-9H2,1-6H3;11,16H,7-10H2,1-6H3;/q-1;;/b;12-11-;. The summed E-state index contributed by atoms with van der Waals surface area (Å²) < 4.78 is 2.81. The smallest absolute Gasteiger partial charge is 0.164 e. The van der Waals surface area contributed by atoms with Crippen molar-refractivity contribution in [3.63, 3.8) is 0 Å². The number of thiophene rings is 1. The summed E-state index contributed by atoms with van der Waals surface area (Å²) in [7, 11) is -1.54. The molecule has 0 aliphatic carbocycles. The topological polar surface area (TPSA) is 50.2 Å². The van der Waals surface area contributed by atoms with E-state index in [-0.39, 0.29) is 42.5 Å². The SMILES string of the molecule is CCC(C)(CC)C(=O)/C=C(\O)C(C)(CC)CC.CC[Si](CC)(CC)c1c(C)ccc2c1sc1c(-c3[c-]c4ccccc4c(C(C)C)c3)nccc12.[Ir]. The van der Waals surface area contributed by atoms with Crippen LogP contribution in [-0.2, 0) is 24.9 Å². The van der Waals surface area contributed by atoms with Gasteiger partial charge in [-0.3, -0.25) is 9.78 Å². The Labute approximate surface area is 333 Å². The van der Waals surface area contributed by atoms with Crippen LogP contribution in [0.3, 0.4) is 0 Å². The second-order valence-corrected chi connectivity index (χ2v) is 21.6. The zero-order chi connectivity index (χ0) is 37.7. The summed E-state index contributed by atoms with van der Waals surface area (Å²) >= 11 is 1.97. The van der Waals surface area contributed by atoms with Crippen molar-refractivity contribution in [3.8, 4) is 11.3 Å². The number of aromatic nitrogens is 1. The van der Waals surface area contributed by atoms with Crippen LogP contribution in [0.25, 0.3) is 42.2 Å². The molecule has 283 valence electrons. The number of fused-ring (bicyclic) bond motifs is 4. The largest absolute Gasteiger partial charge is 0.512 e. The molecule has 0 amide bonds. The van der Waals surface area contributed by atoms with E-state index in [9.17, 15) is 9.90 Å². The monoisotopic (exact) mass is 913 g/mol. The molecule has 5 aromatic rings. The van der Waals surface area contributed by atoms with Crippen LogP contribution in [0, 0.1) is 23.8 Å². The van der Waals surface area contributed by atoms with Gasteiger partial charge >= 0.3 is 0 Å². The van der Waals surface area contributed by atoms with Gasteiger partial charge in [0.25, 0.3) is 0 Å². The van der Waals surface area contributed by atoms with Crippen LogP contribution in [0.1, 0.15) is 119 Å². The summed E-state index contributed by atoms with van der Waals surface area (Å²) in [5.74, 6) is 0.730. The predicted molar refractivity (Wildman–Crippen MR) is 228 cm³/mol. The molecule has 0 saturated carbocycles. The van der Waals surface area contributed by atoms with Crippen molar-refractivity contribution in [2.24, 2.45) is 10.8 Å². The fraction of sp³-hybridized carbons (Fsp3) is 0.478. The van der Waals surface area contributed by atoms with Gasteiger partial charge in [0.2, 0.25) is 0 Å². The number of hydrogen-bond acceptors (Lipinski definition) is 4. The number of nitrogens with zero attached hydrogens (tertiary/aromatic N) is 1. The molecule has 6 heteroatoms. The molecule has 3 nitrogen and oxygen atoms in total. The molecule has 0 aliphatic heterocycles. The number of rotatable bonds is 13.